The number of benzene rings is 3. The molecule has 0 saturated carbocycles. The molecular weight excluding hydrogens is 462 g/mol. The molecule has 6 nitrogen and oxygen atoms in total. The third-order valence-electron chi connectivity index (χ3n) is 6.67. The standard InChI is InChI=1S/C28H28ClN3O3/c29-22-11-9-21(10-12-22)19-32-14-13-24-25(28(32)34)7-4-8-26(24)35-20-27(33)31-17-15-30(16-18-31)23-5-2-1-3-6-23/h1-12H,13-20H2. The molecule has 2 aliphatic heterocycles. The van der Waals surface area contributed by atoms with E-state index in [1.54, 1.807) is 0 Å². The molecule has 0 unspecified atom stereocenters. The number of rotatable bonds is 6. The van der Waals surface area contributed by atoms with Crippen LogP contribution in [0.15, 0.2) is 72.8 Å². The average Bonchev–Trinajstić information content (AvgIpc) is 2.91. The first-order valence-corrected chi connectivity index (χ1v) is 12.3. The quantitative estimate of drug-likeness (QED) is 0.519. The molecule has 2 aliphatic rings. The Morgan fingerprint density at radius 1 is 0.857 bits per heavy atom. The van der Waals surface area contributed by atoms with Crippen LogP contribution in [0.4, 0.5) is 5.69 Å². The van der Waals surface area contributed by atoms with Crippen LogP contribution >= 0.6 is 11.6 Å². The van der Waals surface area contributed by atoms with E-state index in [4.69, 9.17) is 16.3 Å². The van der Waals surface area contributed by atoms with Gasteiger partial charge in [0.15, 0.2) is 6.61 Å². The van der Waals surface area contributed by atoms with E-state index < -0.39 is 0 Å². The van der Waals surface area contributed by atoms with Gasteiger partial charge < -0.3 is 19.4 Å². The van der Waals surface area contributed by atoms with Crippen LogP contribution in [0.1, 0.15) is 21.5 Å². The zero-order valence-electron chi connectivity index (χ0n) is 19.5. The summed E-state index contributed by atoms with van der Waals surface area (Å²) in [5, 5.41) is 0.679. The molecule has 2 amide bonds. The number of nitrogens with zero attached hydrogens (tertiary/aromatic N) is 3. The Morgan fingerprint density at radius 2 is 1.60 bits per heavy atom. The number of fused-ring (bicyclic) bond motifs is 1. The maximum absolute atomic E-state index is 13.1. The zero-order valence-corrected chi connectivity index (χ0v) is 20.3. The summed E-state index contributed by atoms with van der Waals surface area (Å²) in [5.41, 5.74) is 3.75. The summed E-state index contributed by atoms with van der Waals surface area (Å²) >= 11 is 5.98. The van der Waals surface area contributed by atoms with E-state index >= 15 is 0 Å². The molecule has 0 aromatic heterocycles. The number of hydrogen-bond donors (Lipinski definition) is 0. The molecule has 0 atom stereocenters. The van der Waals surface area contributed by atoms with Crippen molar-refractivity contribution in [1.82, 2.24) is 9.80 Å². The number of anilines is 1. The third-order valence-corrected chi connectivity index (χ3v) is 6.93. The highest BCUT2D eigenvalue weighted by atomic mass is 35.5. The number of carbonyl (C=O) groups is 2. The van der Waals surface area contributed by atoms with Crippen molar-refractivity contribution in [3.63, 3.8) is 0 Å². The molecule has 5 rings (SSSR count). The predicted molar refractivity (Wildman–Crippen MR) is 137 cm³/mol. The van der Waals surface area contributed by atoms with Gasteiger partial charge in [0.2, 0.25) is 0 Å². The first-order chi connectivity index (χ1) is 17.1. The summed E-state index contributed by atoms with van der Waals surface area (Å²) in [4.78, 5) is 31.9. The van der Waals surface area contributed by atoms with E-state index in [1.165, 1.54) is 5.69 Å². The van der Waals surface area contributed by atoms with Crippen molar-refractivity contribution in [1.29, 1.82) is 0 Å². The predicted octanol–water partition coefficient (Wildman–Crippen LogP) is 4.27. The minimum Gasteiger partial charge on any atom is -0.483 e. The summed E-state index contributed by atoms with van der Waals surface area (Å²) in [5.74, 6) is 0.579. The van der Waals surface area contributed by atoms with Gasteiger partial charge in [0.25, 0.3) is 11.8 Å². The van der Waals surface area contributed by atoms with Gasteiger partial charge in [-0.2, -0.15) is 0 Å². The van der Waals surface area contributed by atoms with Gasteiger partial charge in [-0.1, -0.05) is 48.0 Å². The number of piperazine rings is 1. The Bertz CT molecular complexity index is 1190. The summed E-state index contributed by atoms with van der Waals surface area (Å²) in [6, 6.07) is 23.3. The van der Waals surface area contributed by atoms with Crippen LogP contribution in [0.3, 0.4) is 0 Å². The minimum absolute atomic E-state index is 0.0185. The van der Waals surface area contributed by atoms with Crippen molar-refractivity contribution >= 4 is 29.1 Å². The number of carbonyl (C=O) groups excluding carboxylic acids is 2. The van der Waals surface area contributed by atoms with Crippen molar-refractivity contribution in [2.24, 2.45) is 0 Å². The van der Waals surface area contributed by atoms with Gasteiger partial charge in [0, 0.05) is 61.1 Å². The highest BCUT2D eigenvalue weighted by molar-refractivity contribution is 6.30. The monoisotopic (exact) mass is 489 g/mol. The molecule has 1 saturated heterocycles. The minimum atomic E-state index is -0.0261. The Morgan fingerprint density at radius 3 is 2.34 bits per heavy atom. The topological polar surface area (TPSA) is 53.1 Å². The van der Waals surface area contributed by atoms with Crippen molar-refractivity contribution in [3.8, 4) is 5.75 Å². The fourth-order valence-electron chi connectivity index (χ4n) is 4.72. The maximum Gasteiger partial charge on any atom is 0.260 e. The molecule has 35 heavy (non-hydrogen) atoms. The summed E-state index contributed by atoms with van der Waals surface area (Å²) < 4.78 is 5.96. The molecule has 1 fully saturated rings. The van der Waals surface area contributed by atoms with Crippen LogP contribution in [0.5, 0.6) is 5.75 Å². The normalized spacial score (nSPS) is 15.7. The molecule has 0 bridgehead atoms. The molecule has 0 N–H and O–H groups in total. The van der Waals surface area contributed by atoms with Crippen molar-refractivity contribution in [2.45, 2.75) is 13.0 Å². The number of amides is 2. The Labute approximate surface area is 210 Å². The van der Waals surface area contributed by atoms with E-state index in [2.05, 4.69) is 17.0 Å². The van der Waals surface area contributed by atoms with Gasteiger partial charge in [-0.15, -0.1) is 0 Å². The van der Waals surface area contributed by atoms with Gasteiger partial charge in [-0.3, -0.25) is 9.59 Å². The number of para-hydroxylation sites is 1. The second-order valence-corrected chi connectivity index (χ2v) is 9.31. The lowest BCUT2D eigenvalue weighted by Gasteiger charge is -2.36. The fourth-order valence-corrected chi connectivity index (χ4v) is 4.85. The molecule has 0 spiro atoms. The lowest BCUT2D eigenvalue weighted by molar-refractivity contribution is -0.133. The lowest BCUT2D eigenvalue weighted by atomic mass is 9.97. The largest absolute Gasteiger partial charge is 0.483 e. The molecule has 3 aromatic rings. The smallest absolute Gasteiger partial charge is 0.260 e. The van der Waals surface area contributed by atoms with Gasteiger partial charge in [-0.25, -0.2) is 0 Å². The van der Waals surface area contributed by atoms with E-state index in [1.807, 2.05) is 70.5 Å². The highest BCUT2D eigenvalue weighted by Gasteiger charge is 2.27. The van der Waals surface area contributed by atoms with E-state index in [0.29, 0.717) is 48.9 Å². The van der Waals surface area contributed by atoms with E-state index in [0.717, 1.165) is 24.2 Å². The first kappa shape index (κ1) is 23.2. The van der Waals surface area contributed by atoms with Gasteiger partial charge in [0.05, 0.1) is 0 Å². The number of halogens is 1. The molecular formula is C28H28ClN3O3. The van der Waals surface area contributed by atoms with Crippen LogP contribution in [-0.4, -0.2) is 60.9 Å². The van der Waals surface area contributed by atoms with E-state index in [9.17, 15) is 9.59 Å². The van der Waals surface area contributed by atoms with Crippen LogP contribution in [0, 0.1) is 0 Å². The molecule has 180 valence electrons. The van der Waals surface area contributed by atoms with E-state index in [-0.39, 0.29) is 18.4 Å². The Hall–Kier alpha value is -3.51. The van der Waals surface area contributed by atoms with Crippen molar-refractivity contribution in [2.75, 3.05) is 44.2 Å². The van der Waals surface area contributed by atoms with Crippen LogP contribution in [0.25, 0.3) is 0 Å². The Kier molecular flexibility index (Phi) is 6.91. The maximum atomic E-state index is 13.1. The summed E-state index contributed by atoms with van der Waals surface area (Å²) in [7, 11) is 0. The first-order valence-electron chi connectivity index (χ1n) is 11.9. The van der Waals surface area contributed by atoms with Crippen LogP contribution in [0.2, 0.25) is 5.02 Å². The van der Waals surface area contributed by atoms with Crippen LogP contribution < -0.4 is 9.64 Å². The summed E-state index contributed by atoms with van der Waals surface area (Å²) in [6.07, 6.45) is 0.689. The second-order valence-electron chi connectivity index (χ2n) is 8.88. The fraction of sp³-hybridized carbons (Fsp3) is 0.286. The Balaban J connectivity index is 1.18. The number of ether oxygens (including phenoxy) is 1. The molecule has 0 radical (unpaired) electrons. The van der Waals surface area contributed by atoms with Gasteiger partial charge >= 0.3 is 0 Å². The van der Waals surface area contributed by atoms with Crippen LogP contribution in [-0.2, 0) is 17.8 Å². The van der Waals surface area contributed by atoms with Gasteiger partial charge in [-0.05, 0) is 48.4 Å². The van der Waals surface area contributed by atoms with Crippen molar-refractivity contribution in [3.05, 3.63) is 94.5 Å². The second kappa shape index (κ2) is 10.4. The molecule has 2 heterocycles. The van der Waals surface area contributed by atoms with Crippen molar-refractivity contribution < 1.29 is 14.3 Å². The molecule has 7 heteroatoms. The SMILES string of the molecule is O=C(COc1cccc2c1CCN(Cc1ccc(Cl)cc1)C2=O)N1CCN(c2ccccc2)CC1. The summed E-state index contributed by atoms with van der Waals surface area (Å²) in [6.45, 7) is 4.05. The lowest BCUT2D eigenvalue weighted by Crippen LogP contribution is -2.50. The zero-order chi connectivity index (χ0) is 24.2. The number of hydrogen-bond acceptors (Lipinski definition) is 4. The molecule has 3 aromatic carbocycles. The third kappa shape index (κ3) is 5.28. The molecule has 0 aliphatic carbocycles. The average molecular weight is 490 g/mol. The highest BCUT2D eigenvalue weighted by Crippen LogP contribution is 2.29. The van der Waals surface area contributed by atoms with Gasteiger partial charge in [0.1, 0.15) is 5.75 Å².